The molecule has 6 nitrogen and oxygen atoms in total. The number of carbonyl (C=O) groups is 2. The van der Waals surface area contributed by atoms with E-state index in [0.29, 0.717) is 40.5 Å². The van der Waals surface area contributed by atoms with Crippen molar-refractivity contribution >= 4 is 23.4 Å². The third-order valence-electron chi connectivity index (χ3n) is 6.02. The van der Waals surface area contributed by atoms with Crippen LogP contribution in [0.15, 0.2) is 71.3 Å². The van der Waals surface area contributed by atoms with Crippen LogP contribution in [0.1, 0.15) is 50.7 Å². The molecule has 2 aromatic rings. The number of carbonyl (C=O) groups excluding carboxylic acids is 2. The zero-order chi connectivity index (χ0) is 24.5. The van der Waals surface area contributed by atoms with E-state index in [2.05, 4.69) is 0 Å². The van der Waals surface area contributed by atoms with E-state index in [9.17, 15) is 9.59 Å². The second kappa shape index (κ2) is 9.55. The SMILES string of the molecule is CCOC(=O)C1=C(N)OC2=C(C(=O)CC(C)(C)C2)[C@H]1c1ccccc1OCc1ccccc1Cl. The second-order valence-electron chi connectivity index (χ2n) is 9.23. The smallest absolute Gasteiger partial charge is 0.340 e. The minimum atomic E-state index is -0.756. The second-order valence-corrected chi connectivity index (χ2v) is 9.64. The molecule has 1 aliphatic heterocycles. The highest BCUT2D eigenvalue weighted by molar-refractivity contribution is 6.31. The van der Waals surface area contributed by atoms with Crippen LogP contribution in [0, 0.1) is 5.41 Å². The lowest BCUT2D eigenvalue weighted by Crippen LogP contribution is -2.35. The van der Waals surface area contributed by atoms with Gasteiger partial charge in [0, 0.05) is 34.6 Å². The first kappa shape index (κ1) is 23.9. The monoisotopic (exact) mass is 481 g/mol. The average Bonchev–Trinajstić information content (AvgIpc) is 2.77. The molecule has 0 amide bonds. The minimum absolute atomic E-state index is 0.0476. The maximum Gasteiger partial charge on any atom is 0.340 e. The quantitative estimate of drug-likeness (QED) is 0.555. The van der Waals surface area contributed by atoms with E-state index in [0.717, 1.165) is 5.56 Å². The molecule has 2 aliphatic rings. The summed E-state index contributed by atoms with van der Waals surface area (Å²) in [6.07, 6.45) is 0.869. The summed E-state index contributed by atoms with van der Waals surface area (Å²) in [5.41, 5.74) is 8.00. The lowest BCUT2D eigenvalue weighted by atomic mass is 9.70. The molecule has 0 spiro atoms. The van der Waals surface area contributed by atoms with Gasteiger partial charge in [-0.2, -0.15) is 0 Å². The van der Waals surface area contributed by atoms with Crippen LogP contribution in [0.25, 0.3) is 0 Å². The Morgan fingerprint density at radius 3 is 2.59 bits per heavy atom. The molecule has 0 saturated carbocycles. The topological polar surface area (TPSA) is 87.9 Å². The van der Waals surface area contributed by atoms with Gasteiger partial charge in [0.2, 0.25) is 5.88 Å². The van der Waals surface area contributed by atoms with Crippen molar-refractivity contribution in [2.24, 2.45) is 11.1 Å². The number of para-hydroxylation sites is 1. The predicted octanol–water partition coefficient (Wildman–Crippen LogP) is 5.41. The van der Waals surface area contributed by atoms with Crippen LogP contribution < -0.4 is 10.5 Å². The molecule has 1 aliphatic carbocycles. The molecule has 34 heavy (non-hydrogen) atoms. The Morgan fingerprint density at radius 1 is 1.15 bits per heavy atom. The van der Waals surface area contributed by atoms with Gasteiger partial charge in [0.25, 0.3) is 0 Å². The molecule has 4 rings (SSSR count). The Balaban J connectivity index is 1.81. The molecule has 0 fully saturated rings. The van der Waals surface area contributed by atoms with Crippen LogP contribution in [0.2, 0.25) is 5.02 Å². The van der Waals surface area contributed by atoms with Crippen LogP contribution >= 0.6 is 11.6 Å². The van der Waals surface area contributed by atoms with Crippen molar-refractivity contribution in [2.75, 3.05) is 6.61 Å². The van der Waals surface area contributed by atoms with Crippen LogP contribution in [0.4, 0.5) is 0 Å². The van der Waals surface area contributed by atoms with Gasteiger partial charge in [-0.05, 0) is 24.5 Å². The fraction of sp³-hybridized carbons (Fsp3) is 0.333. The molecule has 1 heterocycles. The third-order valence-corrected chi connectivity index (χ3v) is 6.39. The number of hydrogen-bond donors (Lipinski definition) is 1. The van der Waals surface area contributed by atoms with Crippen LogP contribution in [0.5, 0.6) is 5.75 Å². The molecule has 1 atom stereocenters. The fourth-order valence-electron chi connectivity index (χ4n) is 4.52. The van der Waals surface area contributed by atoms with E-state index in [1.807, 2.05) is 50.2 Å². The van der Waals surface area contributed by atoms with Gasteiger partial charge in [-0.3, -0.25) is 4.79 Å². The van der Waals surface area contributed by atoms with Gasteiger partial charge in [-0.15, -0.1) is 0 Å². The number of nitrogens with two attached hydrogens (primary N) is 1. The summed E-state index contributed by atoms with van der Waals surface area (Å²) >= 11 is 6.30. The van der Waals surface area contributed by atoms with Crippen molar-refractivity contribution in [3.63, 3.8) is 0 Å². The number of allylic oxidation sites excluding steroid dienone is 2. The van der Waals surface area contributed by atoms with Crippen molar-refractivity contribution < 1.29 is 23.8 Å². The Morgan fingerprint density at radius 2 is 1.85 bits per heavy atom. The summed E-state index contributed by atoms with van der Waals surface area (Å²) in [5, 5.41) is 0.595. The highest BCUT2D eigenvalue weighted by Crippen LogP contribution is 2.50. The molecule has 0 aromatic heterocycles. The summed E-state index contributed by atoms with van der Waals surface area (Å²) in [6, 6.07) is 14.7. The first-order valence-corrected chi connectivity index (χ1v) is 11.7. The van der Waals surface area contributed by atoms with Gasteiger partial charge in [0.15, 0.2) is 5.78 Å². The molecular weight excluding hydrogens is 454 g/mol. The number of benzene rings is 2. The van der Waals surface area contributed by atoms with E-state index < -0.39 is 11.9 Å². The van der Waals surface area contributed by atoms with E-state index >= 15 is 0 Å². The number of halogens is 1. The van der Waals surface area contributed by atoms with E-state index in [-0.39, 0.29) is 35.9 Å². The van der Waals surface area contributed by atoms with Crippen molar-refractivity contribution in [3.05, 3.63) is 87.5 Å². The molecule has 178 valence electrons. The number of ketones is 1. The average molecular weight is 482 g/mol. The van der Waals surface area contributed by atoms with Gasteiger partial charge >= 0.3 is 5.97 Å². The highest BCUT2D eigenvalue weighted by Gasteiger charge is 2.45. The van der Waals surface area contributed by atoms with Crippen LogP contribution in [-0.2, 0) is 25.7 Å². The Kier molecular flexibility index (Phi) is 6.71. The molecular formula is C27H28ClNO5. The molecule has 2 N–H and O–H groups in total. The zero-order valence-corrected chi connectivity index (χ0v) is 20.3. The van der Waals surface area contributed by atoms with Crippen LogP contribution in [-0.4, -0.2) is 18.4 Å². The maximum atomic E-state index is 13.4. The Bertz CT molecular complexity index is 1200. The maximum absolute atomic E-state index is 13.4. The van der Waals surface area contributed by atoms with Gasteiger partial charge in [-0.1, -0.05) is 61.8 Å². The normalized spacial score (nSPS) is 19.4. The largest absolute Gasteiger partial charge is 0.489 e. The molecule has 0 saturated heterocycles. The number of esters is 1. The van der Waals surface area contributed by atoms with Crippen molar-refractivity contribution in [3.8, 4) is 5.75 Å². The summed E-state index contributed by atoms with van der Waals surface area (Å²) in [6.45, 7) is 6.12. The molecule has 0 bridgehead atoms. The molecule has 7 heteroatoms. The first-order valence-electron chi connectivity index (χ1n) is 11.3. The Labute approximate surface area is 204 Å². The summed E-state index contributed by atoms with van der Waals surface area (Å²) < 4.78 is 17.3. The minimum Gasteiger partial charge on any atom is -0.489 e. The van der Waals surface area contributed by atoms with Gasteiger partial charge in [0.05, 0.1) is 12.5 Å². The number of rotatable bonds is 6. The van der Waals surface area contributed by atoms with Gasteiger partial charge < -0.3 is 19.9 Å². The van der Waals surface area contributed by atoms with Gasteiger partial charge in [0.1, 0.15) is 23.7 Å². The van der Waals surface area contributed by atoms with E-state index in [4.69, 9.17) is 31.5 Å². The standard InChI is InChI=1S/C27H28ClNO5/c1-4-32-26(31)24-22(23-19(30)13-27(2,3)14-21(23)34-25(24)29)17-10-6-8-12-20(17)33-15-16-9-5-7-11-18(16)28/h5-12,22H,4,13-15,29H2,1-3H3/t22-/m1/s1. The fourth-order valence-corrected chi connectivity index (χ4v) is 4.72. The van der Waals surface area contributed by atoms with Gasteiger partial charge in [-0.25, -0.2) is 4.79 Å². The van der Waals surface area contributed by atoms with E-state index in [1.54, 1.807) is 19.1 Å². The summed E-state index contributed by atoms with van der Waals surface area (Å²) in [4.78, 5) is 26.4. The molecule has 0 unspecified atom stereocenters. The molecule has 2 aromatic carbocycles. The Hall–Kier alpha value is -3.25. The number of Topliss-reactive ketones (excluding diaryl/α,β-unsaturated/α-hetero) is 1. The first-order chi connectivity index (χ1) is 16.2. The summed E-state index contributed by atoms with van der Waals surface area (Å²) in [7, 11) is 0. The van der Waals surface area contributed by atoms with Crippen molar-refractivity contribution in [1.29, 1.82) is 0 Å². The highest BCUT2D eigenvalue weighted by atomic mass is 35.5. The number of ether oxygens (including phenoxy) is 3. The summed E-state index contributed by atoms with van der Waals surface area (Å²) in [5.74, 6) is -0.477. The van der Waals surface area contributed by atoms with E-state index in [1.165, 1.54) is 0 Å². The number of hydrogen-bond acceptors (Lipinski definition) is 6. The van der Waals surface area contributed by atoms with Crippen molar-refractivity contribution in [2.45, 2.75) is 46.1 Å². The zero-order valence-electron chi connectivity index (χ0n) is 19.5. The van der Waals surface area contributed by atoms with Crippen LogP contribution in [0.3, 0.4) is 0 Å². The lowest BCUT2D eigenvalue weighted by molar-refractivity contribution is -0.139. The predicted molar refractivity (Wildman–Crippen MR) is 129 cm³/mol. The lowest BCUT2D eigenvalue weighted by Gasteiger charge is -2.38. The molecule has 0 radical (unpaired) electrons. The third kappa shape index (κ3) is 4.68. The van der Waals surface area contributed by atoms with Crippen molar-refractivity contribution in [1.82, 2.24) is 0 Å².